The van der Waals surface area contributed by atoms with Crippen molar-refractivity contribution in [3.8, 4) is 34.1 Å². The Morgan fingerprint density at radius 3 is 2.27 bits per heavy atom. The lowest BCUT2D eigenvalue weighted by Gasteiger charge is -2.19. The van der Waals surface area contributed by atoms with Gasteiger partial charge in [-0.05, 0) is 103 Å². The largest absolute Gasteiger partial charge is 0.457 e. The number of benzene rings is 4. The van der Waals surface area contributed by atoms with Crippen molar-refractivity contribution in [3.05, 3.63) is 132 Å². The number of hydrogen-bond donors (Lipinski definition) is 0. The number of rotatable bonds is 8. The van der Waals surface area contributed by atoms with E-state index in [0.717, 1.165) is 57.4 Å². The number of fused-ring (bicyclic) bond motifs is 3. The van der Waals surface area contributed by atoms with Gasteiger partial charge in [0.1, 0.15) is 17.3 Å². The number of aryl methyl sites for hydroxylation is 1. The Bertz CT molecular complexity index is 2280. The normalized spacial score (nSPS) is 12.7. The summed E-state index contributed by atoms with van der Waals surface area (Å²) in [7, 11) is 0. The summed E-state index contributed by atoms with van der Waals surface area (Å²) < 4.78 is 10.9. The van der Waals surface area contributed by atoms with E-state index < -0.39 is 0 Å². The Balaban J connectivity index is 1.31. The molecule has 1 unspecified atom stereocenters. The lowest BCUT2D eigenvalue weighted by Crippen LogP contribution is -2.10. The van der Waals surface area contributed by atoms with Gasteiger partial charge in [0.2, 0.25) is 0 Å². The summed E-state index contributed by atoms with van der Waals surface area (Å²) in [5.41, 5.74) is 10.4. The van der Waals surface area contributed by atoms with Gasteiger partial charge < -0.3 is 4.74 Å². The lowest BCUT2D eigenvalue weighted by atomic mass is 9.88. The number of hydrogen-bond acceptors (Lipinski definition) is 3. The minimum absolute atomic E-state index is 0.174. The van der Waals surface area contributed by atoms with Gasteiger partial charge in [-0.1, -0.05) is 84.0 Å². The predicted octanol–water partition coefficient (Wildman–Crippen LogP) is 11.8. The molecule has 0 amide bonds. The Labute approximate surface area is 290 Å². The van der Waals surface area contributed by atoms with Crippen LogP contribution in [0.15, 0.2) is 109 Å². The summed E-state index contributed by atoms with van der Waals surface area (Å²) in [5.74, 6) is 3.46. The minimum Gasteiger partial charge on any atom is -0.457 e. The van der Waals surface area contributed by atoms with Gasteiger partial charge in [0.25, 0.3) is 0 Å². The number of pyridine rings is 1. The molecule has 0 aliphatic rings. The molecule has 0 aliphatic heterocycles. The van der Waals surface area contributed by atoms with Crippen molar-refractivity contribution >= 4 is 21.8 Å². The van der Waals surface area contributed by atoms with Crippen molar-refractivity contribution in [1.29, 1.82) is 0 Å². The second-order valence-electron chi connectivity index (χ2n) is 15.0. The van der Waals surface area contributed by atoms with Gasteiger partial charge in [-0.3, -0.25) is 4.57 Å². The Kier molecular flexibility index (Phi) is 8.40. The van der Waals surface area contributed by atoms with Crippen LogP contribution in [0, 0.1) is 25.2 Å². The van der Waals surface area contributed by atoms with Crippen LogP contribution >= 0.6 is 0 Å². The zero-order chi connectivity index (χ0) is 34.4. The van der Waals surface area contributed by atoms with Crippen molar-refractivity contribution in [2.24, 2.45) is 11.3 Å². The lowest BCUT2D eigenvalue weighted by molar-refractivity contribution is 0.411. The molecule has 49 heavy (non-hydrogen) atoms. The molecule has 0 aliphatic carbocycles. The molecule has 7 aromatic rings. The van der Waals surface area contributed by atoms with Gasteiger partial charge in [-0.15, -0.1) is 0 Å². The molecule has 0 N–H and O–H groups in total. The molecule has 248 valence electrons. The summed E-state index contributed by atoms with van der Waals surface area (Å²) in [6.45, 7) is 17.9. The molecule has 7 rings (SSSR count). The fourth-order valence-electron chi connectivity index (χ4n) is 7.03. The van der Waals surface area contributed by atoms with Crippen LogP contribution in [0.3, 0.4) is 0 Å². The maximum Gasteiger partial charge on any atom is 0.137 e. The first-order valence-electron chi connectivity index (χ1n) is 17.4. The number of nitrogens with zero attached hydrogens (tertiary/aromatic N) is 4. The first kappa shape index (κ1) is 32.4. The molecule has 0 radical (unpaired) electrons. The van der Waals surface area contributed by atoms with E-state index in [1.54, 1.807) is 0 Å². The van der Waals surface area contributed by atoms with E-state index >= 15 is 0 Å². The molecular formula is C44H46N4O. The van der Waals surface area contributed by atoms with E-state index in [2.05, 4.69) is 145 Å². The summed E-state index contributed by atoms with van der Waals surface area (Å²) in [5, 5.41) is 7.35. The third-order valence-corrected chi connectivity index (χ3v) is 9.71. The topological polar surface area (TPSA) is 44.9 Å². The molecule has 3 aromatic heterocycles. The first-order valence-corrected chi connectivity index (χ1v) is 17.4. The van der Waals surface area contributed by atoms with Gasteiger partial charge in [0.15, 0.2) is 0 Å². The van der Waals surface area contributed by atoms with Crippen molar-refractivity contribution in [3.63, 3.8) is 0 Å². The highest BCUT2D eigenvalue weighted by Gasteiger charge is 2.20. The summed E-state index contributed by atoms with van der Waals surface area (Å²) >= 11 is 0. The fraction of sp³-hybridized carbons (Fsp3) is 0.273. The molecule has 1 atom stereocenters. The molecule has 0 spiro atoms. The molecule has 0 bridgehead atoms. The second kappa shape index (κ2) is 12.7. The highest BCUT2D eigenvalue weighted by Crippen LogP contribution is 2.38. The van der Waals surface area contributed by atoms with E-state index in [0.29, 0.717) is 11.8 Å². The maximum absolute atomic E-state index is 6.61. The maximum atomic E-state index is 6.61. The highest BCUT2D eigenvalue weighted by atomic mass is 16.5. The van der Waals surface area contributed by atoms with Gasteiger partial charge >= 0.3 is 0 Å². The van der Waals surface area contributed by atoms with Crippen LogP contribution in [0.25, 0.3) is 44.4 Å². The Morgan fingerprint density at radius 1 is 0.735 bits per heavy atom. The fourth-order valence-corrected chi connectivity index (χ4v) is 7.03. The quantitative estimate of drug-likeness (QED) is 0.165. The van der Waals surface area contributed by atoms with E-state index in [1.807, 2.05) is 29.1 Å². The molecule has 0 saturated heterocycles. The molecule has 0 saturated carbocycles. The summed E-state index contributed by atoms with van der Waals surface area (Å²) in [6.07, 6.45) is 2.92. The van der Waals surface area contributed by atoms with Crippen molar-refractivity contribution < 1.29 is 4.74 Å². The van der Waals surface area contributed by atoms with Gasteiger partial charge in [0.05, 0.1) is 22.4 Å². The van der Waals surface area contributed by atoms with Crippen LogP contribution in [0.4, 0.5) is 0 Å². The minimum atomic E-state index is 0.174. The first-order chi connectivity index (χ1) is 23.5. The van der Waals surface area contributed by atoms with Gasteiger partial charge in [0, 0.05) is 40.4 Å². The average Bonchev–Trinajstić information content (AvgIpc) is 3.56. The Morgan fingerprint density at radius 2 is 1.51 bits per heavy atom. The van der Waals surface area contributed by atoms with Crippen LogP contribution in [-0.4, -0.2) is 19.3 Å². The van der Waals surface area contributed by atoms with Crippen LogP contribution in [0.2, 0.25) is 0 Å². The third-order valence-electron chi connectivity index (χ3n) is 9.71. The monoisotopic (exact) mass is 646 g/mol. The zero-order valence-electron chi connectivity index (χ0n) is 30.0. The van der Waals surface area contributed by atoms with E-state index in [1.165, 1.54) is 27.5 Å². The summed E-state index contributed by atoms with van der Waals surface area (Å²) in [6, 6.07) is 36.4. The van der Waals surface area contributed by atoms with Crippen LogP contribution < -0.4 is 4.74 Å². The highest BCUT2D eigenvalue weighted by molar-refractivity contribution is 6.09. The smallest absolute Gasteiger partial charge is 0.137 e. The van der Waals surface area contributed by atoms with E-state index in [-0.39, 0.29) is 5.41 Å². The second-order valence-corrected chi connectivity index (χ2v) is 15.0. The Hall–Kier alpha value is -5.16. The number of aromatic nitrogens is 4. The van der Waals surface area contributed by atoms with E-state index in [4.69, 9.17) is 14.8 Å². The van der Waals surface area contributed by atoms with Crippen LogP contribution in [-0.2, 0) is 6.42 Å². The van der Waals surface area contributed by atoms with Crippen molar-refractivity contribution in [2.75, 3.05) is 0 Å². The molecule has 5 nitrogen and oxygen atoms in total. The summed E-state index contributed by atoms with van der Waals surface area (Å²) in [4.78, 5) is 4.91. The van der Waals surface area contributed by atoms with Crippen molar-refractivity contribution in [1.82, 2.24) is 19.3 Å². The molecule has 4 aromatic carbocycles. The van der Waals surface area contributed by atoms with Gasteiger partial charge in [-0.25, -0.2) is 9.67 Å². The molecular weight excluding hydrogens is 601 g/mol. The van der Waals surface area contributed by atoms with Gasteiger partial charge in [-0.2, -0.15) is 5.10 Å². The molecule has 0 fully saturated rings. The van der Waals surface area contributed by atoms with Crippen molar-refractivity contribution in [2.45, 2.75) is 67.7 Å². The molecule has 5 heteroatoms. The predicted molar refractivity (Wildman–Crippen MR) is 204 cm³/mol. The third kappa shape index (κ3) is 6.38. The average molecular weight is 647 g/mol. The molecule has 3 heterocycles. The standard InChI is InChI=1S/C44H46N4O/c1-28(2)29(3)34-17-20-40-39(24-34)38-19-18-37(26-41(38)47(40)42-23-32(21-22-45-42)27-44(6,7)8)49-36-16-12-15-35(25-36)48-31(5)43(30(4)46-48)33-13-10-9-11-14-33/h9-26,28-29H,27H2,1-8H3. The van der Waals surface area contributed by atoms with Crippen LogP contribution in [0.5, 0.6) is 11.5 Å². The zero-order valence-corrected chi connectivity index (χ0v) is 30.0. The SMILES string of the molecule is Cc1nn(-c2cccc(Oc3ccc4c5cc(C(C)C(C)C)ccc5n(-c5cc(CC(C)(C)C)ccn5)c4c3)c2)c(C)c1-c1ccccc1. The van der Waals surface area contributed by atoms with Crippen LogP contribution in [0.1, 0.15) is 70.0 Å². The number of ether oxygens (including phenoxy) is 1. The van der Waals surface area contributed by atoms with E-state index in [9.17, 15) is 0 Å².